The van der Waals surface area contributed by atoms with E-state index >= 15 is 0 Å². The lowest BCUT2D eigenvalue weighted by molar-refractivity contribution is -0.131. The Morgan fingerprint density at radius 3 is 2.30 bits per heavy atom. The number of aliphatic carboxylic acids is 1. The number of thiazole rings is 1. The third-order valence-electron chi connectivity index (χ3n) is 5.18. The molecule has 1 heterocycles. The zero-order valence-electron chi connectivity index (χ0n) is 19.8. The van der Waals surface area contributed by atoms with E-state index in [1.54, 1.807) is 24.3 Å². The fourth-order valence-corrected chi connectivity index (χ4v) is 5.09. The second-order valence-electron chi connectivity index (χ2n) is 7.99. The molecule has 0 aliphatic carbocycles. The van der Waals surface area contributed by atoms with Gasteiger partial charge in [0.05, 0.1) is 5.69 Å². The Morgan fingerprint density at radius 1 is 0.919 bits per heavy atom. The molecule has 0 fully saturated rings. The van der Waals surface area contributed by atoms with Gasteiger partial charge in [0, 0.05) is 33.7 Å². The highest BCUT2D eigenvalue weighted by Crippen LogP contribution is 2.37. The van der Waals surface area contributed by atoms with Crippen LogP contribution in [0.5, 0.6) is 0 Å². The number of nitrogens with one attached hydrogen (secondary N) is 2. The van der Waals surface area contributed by atoms with Crippen LogP contribution in [0.4, 0.5) is 10.8 Å². The van der Waals surface area contributed by atoms with Crippen molar-refractivity contribution >= 4 is 51.7 Å². The van der Waals surface area contributed by atoms with Crippen LogP contribution in [0.15, 0.2) is 101 Å². The van der Waals surface area contributed by atoms with Gasteiger partial charge >= 0.3 is 5.97 Å². The highest BCUT2D eigenvalue weighted by atomic mass is 32.2. The molecule has 9 heteroatoms. The molecule has 4 rings (SSSR count). The molecule has 3 N–H and O–H groups in total. The summed E-state index contributed by atoms with van der Waals surface area (Å²) in [6, 6.07) is 24.5. The van der Waals surface area contributed by atoms with E-state index < -0.39 is 17.1 Å². The van der Waals surface area contributed by atoms with Gasteiger partial charge in [-0.1, -0.05) is 60.2 Å². The number of amides is 2. The van der Waals surface area contributed by atoms with Gasteiger partial charge in [0.15, 0.2) is 5.13 Å². The molecule has 0 saturated carbocycles. The van der Waals surface area contributed by atoms with Gasteiger partial charge < -0.3 is 15.7 Å². The Balaban J connectivity index is 1.47. The number of carbonyl (C=O) groups is 3. The van der Waals surface area contributed by atoms with Crippen LogP contribution >= 0.6 is 23.1 Å². The number of aromatic nitrogens is 1. The quantitative estimate of drug-likeness (QED) is 0.177. The lowest BCUT2D eigenvalue weighted by Gasteiger charge is -2.16. The van der Waals surface area contributed by atoms with Crippen LogP contribution in [0.25, 0.3) is 11.3 Å². The first-order valence-corrected chi connectivity index (χ1v) is 13.0. The summed E-state index contributed by atoms with van der Waals surface area (Å²) in [6.07, 6.45) is 1.72. The first-order valence-electron chi connectivity index (χ1n) is 11.2. The fourth-order valence-electron chi connectivity index (χ4n) is 3.34. The number of thioether (sulfide) groups is 1. The monoisotopic (exact) mass is 529 g/mol. The summed E-state index contributed by atoms with van der Waals surface area (Å²) in [5, 5.41) is 16.1. The van der Waals surface area contributed by atoms with Crippen molar-refractivity contribution < 1.29 is 19.5 Å². The van der Waals surface area contributed by atoms with E-state index in [2.05, 4.69) is 15.6 Å². The summed E-state index contributed by atoms with van der Waals surface area (Å²) >= 11 is 2.75. The smallest absolute Gasteiger partial charge is 0.328 e. The van der Waals surface area contributed by atoms with Crippen molar-refractivity contribution in [3.63, 3.8) is 0 Å². The van der Waals surface area contributed by atoms with E-state index in [1.165, 1.54) is 28.7 Å². The van der Waals surface area contributed by atoms with Crippen molar-refractivity contribution in [2.24, 2.45) is 0 Å². The average molecular weight is 530 g/mol. The molecule has 0 aliphatic heterocycles. The number of anilines is 2. The summed E-state index contributed by atoms with van der Waals surface area (Å²) < 4.78 is 0. The molecular weight excluding hydrogens is 506 g/mol. The maximum Gasteiger partial charge on any atom is 0.328 e. The molecule has 37 heavy (non-hydrogen) atoms. The van der Waals surface area contributed by atoms with Gasteiger partial charge in [0.2, 0.25) is 11.8 Å². The van der Waals surface area contributed by atoms with Crippen LogP contribution in [0.2, 0.25) is 0 Å². The van der Waals surface area contributed by atoms with Crippen molar-refractivity contribution in [2.75, 3.05) is 10.6 Å². The molecule has 4 aromatic rings. The number of benzene rings is 3. The number of carboxylic acid groups (broad SMARTS) is 1. The van der Waals surface area contributed by atoms with Gasteiger partial charge in [-0.25, -0.2) is 9.78 Å². The fraction of sp³-hybridized carbons (Fsp3) is 0.0714. The Hall–Kier alpha value is -4.21. The highest BCUT2D eigenvalue weighted by Gasteiger charge is 2.23. The second-order valence-corrected chi connectivity index (χ2v) is 10.0. The first kappa shape index (κ1) is 25.9. The van der Waals surface area contributed by atoms with Crippen molar-refractivity contribution in [1.29, 1.82) is 0 Å². The maximum atomic E-state index is 13.4. The second kappa shape index (κ2) is 12.2. The number of nitrogens with zero attached hydrogens (tertiary/aromatic N) is 1. The molecule has 186 valence electrons. The minimum absolute atomic E-state index is 0.197. The van der Waals surface area contributed by atoms with E-state index in [9.17, 15) is 14.4 Å². The third kappa shape index (κ3) is 7.39. The van der Waals surface area contributed by atoms with Crippen molar-refractivity contribution in [2.45, 2.75) is 17.1 Å². The molecule has 3 aromatic carbocycles. The summed E-state index contributed by atoms with van der Waals surface area (Å²) in [6.45, 7) is 2.03. The normalized spacial score (nSPS) is 11.7. The molecule has 2 amide bonds. The van der Waals surface area contributed by atoms with E-state index in [1.807, 2.05) is 66.9 Å². The van der Waals surface area contributed by atoms with Crippen LogP contribution < -0.4 is 10.6 Å². The standard InChI is InChI=1S/C28H23N3O4S2/c1-18-7-9-19(10-8-18)23-17-36-28(30-23)31-27(35)26(20-5-3-2-4-6-20)37-22-13-11-21(12-14-22)29-24(32)15-16-25(33)34/h2-17,26H,1H3,(H,29,32)(H,33,34)(H,30,31,35)/b16-15+. The minimum Gasteiger partial charge on any atom is -0.478 e. The van der Waals surface area contributed by atoms with E-state index in [0.717, 1.165) is 33.9 Å². The van der Waals surface area contributed by atoms with Crippen LogP contribution in [0, 0.1) is 6.92 Å². The number of carbonyl (C=O) groups excluding carboxylic acids is 2. The SMILES string of the molecule is Cc1ccc(-c2csc(NC(=O)C(Sc3ccc(NC(=O)/C=C/C(=O)O)cc3)c3ccccc3)n2)cc1. The topological polar surface area (TPSA) is 108 Å². The highest BCUT2D eigenvalue weighted by molar-refractivity contribution is 8.00. The first-order chi connectivity index (χ1) is 17.9. The molecule has 1 aromatic heterocycles. The lowest BCUT2D eigenvalue weighted by Crippen LogP contribution is -2.19. The van der Waals surface area contributed by atoms with Crippen molar-refractivity contribution in [3.05, 3.63) is 108 Å². The van der Waals surface area contributed by atoms with Gasteiger partial charge in [0.25, 0.3) is 0 Å². The Morgan fingerprint density at radius 2 is 1.62 bits per heavy atom. The summed E-state index contributed by atoms with van der Waals surface area (Å²) in [4.78, 5) is 41.2. The minimum atomic E-state index is -1.20. The molecule has 0 spiro atoms. The van der Waals surface area contributed by atoms with Crippen LogP contribution in [0.1, 0.15) is 16.4 Å². The van der Waals surface area contributed by atoms with E-state index in [0.29, 0.717) is 10.8 Å². The number of carboxylic acids is 1. The van der Waals surface area contributed by atoms with Crippen molar-refractivity contribution in [3.8, 4) is 11.3 Å². The summed E-state index contributed by atoms with van der Waals surface area (Å²) in [5.41, 5.74) is 4.32. The van der Waals surface area contributed by atoms with E-state index in [4.69, 9.17) is 5.11 Å². The number of hydrogen-bond acceptors (Lipinski definition) is 6. The Kier molecular flexibility index (Phi) is 8.50. The zero-order valence-corrected chi connectivity index (χ0v) is 21.4. The van der Waals surface area contributed by atoms with Gasteiger partial charge in [-0.3, -0.25) is 9.59 Å². The maximum absolute atomic E-state index is 13.4. The van der Waals surface area contributed by atoms with Gasteiger partial charge in [-0.2, -0.15) is 0 Å². The molecule has 1 atom stereocenters. The molecule has 0 radical (unpaired) electrons. The number of hydrogen-bond donors (Lipinski definition) is 3. The Bertz CT molecular complexity index is 1420. The number of rotatable bonds is 9. The predicted octanol–water partition coefficient (Wildman–Crippen LogP) is 6.17. The van der Waals surface area contributed by atoms with E-state index in [-0.39, 0.29) is 5.91 Å². The largest absolute Gasteiger partial charge is 0.478 e. The number of aryl methyl sites for hydroxylation is 1. The van der Waals surface area contributed by atoms with Crippen LogP contribution in [-0.2, 0) is 14.4 Å². The summed E-state index contributed by atoms with van der Waals surface area (Å²) in [7, 11) is 0. The summed E-state index contributed by atoms with van der Waals surface area (Å²) in [5.74, 6) is -1.94. The van der Waals surface area contributed by atoms with Crippen molar-refractivity contribution in [1.82, 2.24) is 4.98 Å². The molecule has 0 bridgehead atoms. The molecule has 0 saturated heterocycles. The molecular formula is C28H23N3O4S2. The molecule has 7 nitrogen and oxygen atoms in total. The molecule has 1 unspecified atom stereocenters. The zero-order chi connectivity index (χ0) is 26.2. The van der Waals surface area contributed by atoms with Gasteiger partial charge in [-0.05, 0) is 36.8 Å². The molecule has 0 aliphatic rings. The third-order valence-corrected chi connectivity index (χ3v) is 7.20. The van der Waals surface area contributed by atoms with Gasteiger partial charge in [0.1, 0.15) is 5.25 Å². The van der Waals surface area contributed by atoms with Crippen LogP contribution in [0.3, 0.4) is 0 Å². The Labute approximate surface area is 222 Å². The van der Waals surface area contributed by atoms with Gasteiger partial charge in [-0.15, -0.1) is 23.1 Å². The van der Waals surface area contributed by atoms with Crippen LogP contribution in [-0.4, -0.2) is 27.9 Å². The predicted molar refractivity (Wildman–Crippen MR) is 148 cm³/mol. The average Bonchev–Trinajstić information content (AvgIpc) is 3.36. The lowest BCUT2D eigenvalue weighted by atomic mass is 10.1.